The molecule has 0 aliphatic carbocycles. The van der Waals surface area contributed by atoms with Gasteiger partial charge in [0.05, 0.1) is 11.8 Å². The first-order valence-corrected chi connectivity index (χ1v) is 7.07. The summed E-state index contributed by atoms with van der Waals surface area (Å²) < 4.78 is 0. The van der Waals surface area contributed by atoms with Crippen LogP contribution in [0.25, 0.3) is 0 Å². The van der Waals surface area contributed by atoms with E-state index in [4.69, 9.17) is 5.11 Å². The summed E-state index contributed by atoms with van der Waals surface area (Å²) in [4.78, 5) is 25.0. The van der Waals surface area contributed by atoms with E-state index < -0.39 is 11.9 Å². The lowest BCUT2D eigenvalue weighted by atomic mass is 9.95. The molecule has 1 N–H and O–H groups in total. The molecule has 1 saturated heterocycles. The van der Waals surface area contributed by atoms with Gasteiger partial charge in [-0.3, -0.25) is 9.59 Å². The van der Waals surface area contributed by atoms with Crippen molar-refractivity contribution in [2.45, 2.75) is 25.7 Å². The Hall–Kier alpha value is -1.36. The monoisotopic (exact) mass is 267 g/mol. The number of carboxylic acid groups (broad SMARTS) is 1. The minimum Gasteiger partial charge on any atom is -0.481 e. The Labute approximate surface area is 110 Å². The molecule has 4 nitrogen and oxygen atoms in total. The highest BCUT2D eigenvalue weighted by Crippen LogP contribution is 2.24. The molecule has 0 spiro atoms. The lowest BCUT2D eigenvalue weighted by Gasteiger charge is -2.32. The Morgan fingerprint density at radius 3 is 2.94 bits per heavy atom. The summed E-state index contributed by atoms with van der Waals surface area (Å²) in [6.07, 6.45) is 1.45. The summed E-state index contributed by atoms with van der Waals surface area (Å²) in [5.41, 5.74) is 1.02. The Balaban J connectivity index is 2.02. The predicted octanol–water partition coefficient (Wildman–Crippen LogP) is 2.17. The number of piperidine rings is 1. The van der Waals surface area contributed by atoms with Gasteiger partial charge >= 0.3 is 5.97 Å². The van der Waals surface area contributed by atoms with Gasteiger partial charge in [0.1, 0.15) is 0 Å². The van der Waals surface area contributed by atoms with Gasteiger partial charge in [0.2, 0.25) is 5.91 Å². The Kier molecular flexibility index (Phi) is 4.01. The van der Waals surface area contributed by atoms with Crippen LogP contribution in [0.4, 0.5) is 0 Å². The molecule has 2 atom stereocenters. The maximum atomic E-state index is 12.3. The number of likely N-dealkylation sites (tertiary alicyclic amines) is 1. The highest BCUT2D eigenvalue weighted by molar-refractivity contribution is 7.08. The quantitative estimate of drug-likeness (QED) is 0.913. The van der Waals surface area contributed by atoms with Crippen LogP contribution in [0.1, 0.15) is 31.2 Å². The van der Waals surface area contributed by atoms with Crippen LogP contribution in [0.2, 0.25) is 0 Å². The van der Waals surface area contributed by atoms with E-state index in [1.165, 1.54) is 0 Å². The van der Waals surface area contributed by atoms with Crippen LogP contribution in [0.3, 0.4) is 0 Å². The molecular weight excluding hydrogens is 250 g/mol. The molecule has 5 heteroatoms. The van der Waals surface area contributed by atoms with E-state index in [0.717, 1.165) is 12.0 Å². The summed E-state index contributed by atoms with van der Waals surface area (Å²) >= 11 is 1.57. The van der Waals surface area contributed by atoms with Crippen molar-refractivity contribution < 1.29 is 14.7 Å². The Morgan fingerprint density at radius 2 is 2.33 bits per heavy atom. The lowest BCUT2D eigenvalue weighted by molar-refractivity contribution is -0.146. The van der Waals surface area contributed by atoms with Crippen molar-refractivity contribution in [2.75, 3.05) is 13.1 Å². The maximum absolute atomic E-state index is 12.3. The van der Waals surface area contributed by atoms with Crippen LogP contribution in [-0.4, -0.2) is 35.0 Å². The van der Waals surface area contributed by atoms with E-state index in [0.29, 0.717) is 19.5 Å². The minimum absolute atomic E-state index is 0.0411. The van der Waals surface area contributed by atoms with E-state index in [9.17, 15) is 9.59 Å². The molecule has 2 unspecified atom stereocenters. The standard InChI is InChI=1S/C13H17NO3S/c1-9(11-4-6-18-8-11)12(15)14-5-2-3-10(7-14)13(16)17/h4,6,8-10H,2-3,5,7H2,1H3,(H,16,17). The second-order valence-electron chi connectivity index (χ2n) is 4.74. The van der Waals surface area contributed by atoms with Crippen LogP contribution < -0.4 is 0 Å². The van der Waals surface area contributed by atoms with Gasteiger partial charge in [-0.05, 0) is 42.2 Å². The van der Waals surface area contributed by atoms with Gasteiger partial charge in [-0.25, -0.2) is 0 Å². The van der Waals surface area contributed by atoms with E-state index in [1.807, 2.05) is 23.8 Å². The Bertz CT molecular complexity index is 429. The molecule has 2 heterocycles. The zero-order chi connectivity index (χ0) is 13.1. The van der Waals surface area contributed by atoms with Crippen molar-refractivity contribution >= 4 is 23.2 Å². The smallest absolute Gasteiger partial charge is 0.308 e. The third kappa shape index (κ3) is 2.72. The van der Waals surface area contributed by atoms with E-state index in [-0.39, 0.29) is 11.8 Å². The highest BCUT2D eigenvalue weighted by Gasteiger charge is 2.30. The molecule has 18 heavy (non-hydrogen) atoms. The molecule has 1 fully saturated rings. The molecule has 98 valence electrons. The molecule has 1 aromatic heterocycles. The number of carboxylic acids is 1. The third-order valence-corrected chi connectivity index (χ3v) is 4.20. The number of aliphatic carboxylic acids is 1. The average molecular weight is 267 g/mol. The van der Waals surface area contributed by atoms with Crippen LogP contribution in [-0.2, 0) is 9.59 Å². The van der Waals surface area contributed by atoms with Gasteiger partial charge in [-0.2, -0.15) is 11.3 Å². The predicted molar refractivity (Wildman–Crippen MR) is 69.7 cm³/mol. The number of rotatable bonds is 3. The van der Waals surface area contributed by atoms with E-state index in [2.05, 4.69) is 0 Å². The molecule has 0 radical (unpaired) electrons. The van der Waals surface area contributed by atoms with Crippen molar-refractivity contribution in [1.29, 1.82) is 0 Å². The van der Waals surface area contributed by atoms with Crippen LogP contribution in [0.5, 0.6) is 0 Å². The molecule has 0 saturated carbocycles. The summed E-state index contributed by atoms with van der Waals surface area (Å²) in [6.45, 7) is 2.91. The summed E-state index contributed by atoms with van der Waals surface area (Å²) in [5, 5.41) is 13.0. The number of amides is 1. The van der Waals surface area contributed by atoms with Gasteiger partial charge in [-0.15, -0.1) is 0 Å². The zero-order valence-corrected chi connectivity index (χ0v) is 11.2. The van der Waals surface area contributed by atoms with Gasteiger partial charge < -0.3 is 10.0 Å². The average Bonchev–Trinajstić information content (AvgIpc) is 2.91. The Morgan fingerprint density at radius 1 is 1.56 bits per heavy atom. The van der Waals surface area contributed by atoms with Gasteiger partial charge in [-0.1, -0.05) is 0 Å². The first kappa shape index (κ1) is 13.1. The summed E-state index contributed by atoms with van der Waals surface area (Å²) in [6, 6.07) is 1.95. The fourth-order valence-electron chi connectivity index (χ4n) is 2.32. The van der Waals surface area contributed by atoms with Crippen molar-refractivity contribution in [3.8, 4) is 0 Å². The third-order valence-electron chi connectivity index (χ3n) is 3.50. The first-order chi connectivity index (χ1) is 8.59. The molecule has 0 bridgehead atoms. The molecule has 1 aliphatic heterocycles. The molecule has 2 rings (SSSR count). The first-order valence-electron chi connectivity index (χ1n) is 6.13. The van der Waals surface area contributed by atoms with Crippen LogP contribution in [0, 0.1) is 5.92 Å². The molecule has 1 aliphatic rings. The number of carbonyl (C=O) groups excluding carboxylic acids is 1. The van der Waals surface area contributed by atoms with Gasteiger partial charge in [0.25, 0.3) is 0 Å². The van der Waals surface area contributed by atoms with Gasteiger partial charge in [0.15, 0.2) is 0 Å². The van der Waals surface area contributed by atoms with Crippen molar-refractivity contribution in [3.63, 3.8) is 0 Å². The van der Waals surface area contributed by atoms with Crippen molar-refractivity contribution in [1.82, 2.24) is 4.90 Å². The minimum atomic E-state index is -0.796. The van der Waals surface area contributed by atoms with Crippen LogP contribution >= 0.6 is 11.3 Å². The normalized spacial score (nSPS) is 21.6. The van der Waals surface area contributed by atoms with Crippen LogP contribution in [0.15, 0.2) is 16.8 Å². The van der Waals surface area contributed by atoms with E-state index in [1.54, 1.807) is 16.2 Å². The topological polar surface area (TPSA) is 57.6 Å². The fourth-order valence-corrected chi connectivity index (χ4v) is 3.07. The largest absolute Gasteiger partial charge is 0.481 e. The molecule has 0 aromatic carbocycles. The highest BCUT2D eigenvalue weighted by atomic mass is 32.1. The SMILES string of the molecule is CC(C(=O)N1CCCC(C(=O)O)C1)c1ccsc1. The molecule has 1 amide bonds. The fraction of sp³-hybridized carbons (Fsp3) is 0.538. The van der Waals surface area contributed by atoms with E-state index >= 15 is 0 Å². The summed E-state index contributed by atoms with van der Waals surface area (Å²) in [5.74, 6) is -1.34. The zero-order valence-electron chi connectivity index (χ0n) is 10.3. The number of hydrogen-bond donors (Lipinski definition) is 1. The van der Waals surface area contributed by atoms with Crippen molar-refractivity contribution in [3.05, 3.63) is 22.4 Å². The number of nitrogens with zero attached hydrogens (tertiary/aromatic N) is 1. The summed E-state index contributed by atoms with van der Waals surface area (Å²) in [7, 11) is 0. The second-order valence-corrected chi connectivity index (χ2v) is 5.52. The number of hydrogen-bond acceptors (Lipinski definition) is 3. The number of carbonyl (C=O) groups is 2. The van der Waals surface area contributed by atoms with Crippen molar-refractivity contribution in [2.24, 2.45) is 5.92 Å². The molecular formula is C13H17NO3S. The maximum Gasteiger partial charge on any atom is 0.308 e. The van der Waals surface area contributed by atoms with Gasteiger partial charge in [0, 0.05) is 13.1 Å². The molecule has 1 aromatic rings. The lowest BCUT2D eigenvalue weighted by Crippen LogP contribution is -2.43. The second kappa shape index (κ2) is 5.52. The number of thiophene rings is 1.